The summed E-state index contributed by atoms with van der Waals surface area (Å²) in [5.41, 5.74) is 0.733. The lowest BCUT2D eigenvalue weighted by atomic mass is 9.64. The molecule has 0 aromatic carbocycles. The van der Waals surface area contributed by atoms with Gasteiger partial charge in [0.05, 0.1) is 5.60 Å². The summed E-state index contributed by atoms with van der Waals surface area (Å²) in [6.45, 7) is 18.1. The molecule has 0 radical (unpaired) electrons. The highest BCUT2D eigenvalue weighted by molar-refractivity contribution is 5.03. The molecular weight excluding hydrogens is 246 g/mol. The van der Waals surface area contributed by atoms with Crippen LogP contribution in [-0.2, 0) is 4.74 Å². The topological polar surface area (TPSA) is 21.3 Å². The van der Waals surface area contributed by atoms with Gasteiger partial charge >= 0.3 is 0 Å². The van der Waals surface area contributed by atoms with Crippen LogP contribution in [0, 0.1) is 10.8 Å². The van der Waals surface area contributed by atoms with E-state index in [4.69, 9.17) is 4.74 Å². The minimum Gasteiger partial charge on any atom is -0.374 e. The van der Waals surface area contributed by atoms with E-state index in [1.54, 1.807) is 0 Å². The first-order valence-electron chi connectivity index (χ1n) is 8.54. The molecule has 1 N–H and O–H groups in total. The lowest BCUT2D eigenvalue weighted by Crippen LogP contribution is -2.60. The lowest BCUT2D eigenvalue weighted by molar-refractivity contribution is -0.126. The number of ether oxygens (including phenoxy) is 1. The summed E-state index contributed by atoms with van der Waals surface area (Å²) in [6, 6.07) is 0.436. The first-order valence-corrected chi connectivity index (χ1v) is 8.54. The third-order valence-corrected chi connectivity index (χ3v) is 4.87. The first kappa shape index (κ1) is 18.0. The minimum atomic E-state index is 0.0255. The number of hydrogen-bond donors (Lipinski definition) is 1. The van der Waals surface area contributed by atoms with Crippen molar-refractivity contribution in [3.63, 3.8) is 0 Å². The zero-order valence-corrected chi connectivity index (χ0v) is 14.9. The summed E-state index contributed by atoms with van der Waals surface area (Å²) in [5, 5.41) is 3.81. The van der Waals surface area contributed by atoms with E-state index in [0.717, 1.165) is 13.2 Å². The number of nitrogens with one attached hydrogen (secondary N) is 1. The zero-order chi connectivity index (χ0) is 15.4. The van der Waals surface area contributed by atoms with Gasteiger partial charge in [-0.05, 0) is 56.4 Å². The Labute approximate surface area is 127 Å². The van der Waals surface area contributed by atoms with E-state index < -0.39 is 0 Å². The van der Waals surface area contributed by atoms with Crippen molar-refractivity contribution >= 4 is 0 Å². The second kappa shape index (κ2) is 6.79. The standard InChI is InChI=1S/C18H37NO/c1-8-14-19-15(16(3,4)5)18(20-9-2)12-10-17(6,7)11-13-18/h15,19H,8-14H2,1-7H3. The van der Waals surface area contributed by atoms with E-state index >= 15 is 0 Å². The predicted octanol–water partition coefficient (Wildman–Crippen LogP) is 4.78. The molecule has 0 aromatic heterocycles. The largest absolute Gasteiger partial charge is 0.374 e. The molecule has 0 amide bonds. The van der Waals surface area contributed by atoms with Gasteiger partial charge in [0, 0.05) is 12.6 Å². The second-order valence-corrected chi connectivity index (χ2v) is 8.42. The van der Waals surface area contributed by atoms with Crippen LogP contribution in [0.25, 0.3) is 0 Å². The summed E-state index contributed by atoms with van der Waals surface area (Å²) >= 11 is 0. The summed E-state index contributed by atoms with van der Waals surface area (Å²) < 4.78 is 6.39. The van der Waals surface area contributed by atoms with Crippen LogP contribution in [-0.4, -0.2) is 24.8 Å². The third kappa shape index (κ3) is 4.46. The van der Waals surface area contributed by atoms with Gasteiger partial charge < -0.3 is 10.1 Å². The maximum atomic E-state index is 6.39. The number of rotatable bonds is 6. The fourth-order valence-electron chi connectivity index (χ4n) is 3.72. The maximum Gasteiger partial charge on any atom is 0.0840 e. The highest BCUT2D eigenvalue weighted by Crippen LogP contribution is 2.46. The monoisotopic (exact) mass is 283 g/mol. The third-order valence-electron chi connectivity index (χ3n) is 4.87. The van der Waals surface area contributed by atoms with Crippen molar-refractivity contribution < 1.29 is 4.74 Å². The molecular formula is C18H37NO. The van der Waals surface area contributed by atoms with Crippen molar-refractivity contribution in [3.8, 4) is 0 Å². The van der Waals surface area contributed by atoms with Gasteiger partial charge in [0.1, 0.15) is 0 Å². The van der Waals surface area contributed by atoms with Gasteiger partial charge in [-0.15, -0.1) is 0 Å². The first-order chi connectivity index (χ1) is 9.17. The van der Waals surface area contributed by atoms with Crippen molar-refractivity contribution in [2.45, 2.75) is 92.2 Å². The SMILES string of the molecule is CCCNC(C(C)(C)C)C1(OCC)CCC(C)(C)CC1. The summed E-state index contributed by atoms with van der Waals surface area (Å²) in [6.07, 6.45) is 6.10. The molecule has 2 heteroatoms. The van der Waals surface area contributed by atoms with Gasteiger partial charge in [-0.3, -0.25) is 0 Å². The summed E-state index contributed by atoms with van der Waals surface area (Å²) in [5.74, 6) is 0. The Morgan fingerprint density at radius 3 is 2.00 bits per heavy atom. The molecule has 1 atom stereocenters. The van der Waals surface area contributed by atoms with Crippen molar-refractivity contribution in [1.82, 2.24) is 5.32 Å². The number of hydrogen-bond acceptors (Lipinski definition) is 2. The molecule has 0 aromatic rings. The Balaban J connectivity index is 2.95. The molecule has 1 aliphatic carbocycles. The quantitative estimate of drug-likeness (QED) is 0.757. The lowest BCUT2D eigenvalue weighted by Gasteiger charge is -2.52. The van der Waals surface area contributed by atoms with Crippen LogP contribution in [0.5, 0.6) is 0 Å². The van der Waals surface area contributed by atoms with Crippen LogP contribution in [0.15, 0.2) is 0 Å². The molecule has 1 saturated carbocycles. The molecule has 1 rings (SSSR count). The van der Waals surface area contributed by atoms with Crippen molar-refractivity contribution in [2.24, 2.45) is 10.8 Å². The van der Waals surface area contributed by atoms with Gasteiger partial charge in [0.2, 0.25) is 0 Å². The van der Waals surface area contributed by atoms with Crippen molar-refractivity contribution in [3.05, 3.63) is 0 Å². The van der Waals surface area contributed by atoms with Gasteiger partial charge in [0.25, 0.3) is 0 Å². The van der Waals surface area contributed by atoms with Crippen LogP contribution in [0.1, 0.15) is 80.6 Å². The van der Waals surface area contributed by atoms with E-state index in [2.05, 4.69) is 53.8 Å². The Bertz CT molecular complexity index is 280. The van der Waals surface area contributed by atoms with Gasteiger partial charge in [0.15, 0.2) is 0 Å². The van der Waals surface area contributed by atoms with E-state index in [-0.39, 0.29) is 11.0 Å². The van der Waals surface area contributed by atoms with Crippen LogP contribution in [0.3, 0.4) is 0 Å². The van der Waals surface area contributed by atoms with E-state index in [9.17, 15) is 0 Å². The van der Waals surface area contributed by atoms with E-state index in [1.165, 1.54) is 32.1 Å². The molecule has 120 valence electrons. The second-order valence-electron chi connectivity index (χ2n) is 8.42. The molecule has 0 bridgehead atoms. The average Bonchev–Trinajstić information content (AvgIpc) is 2.32. The molecule has 0 saturated heterocycles. The van der Waals surface area contributed by atoms with Crippen molar-refractivity contribution in [2.75, 3.05) is 13.2 Å². The Hall–Kier alpha value is -0.0800. The van der Waals surface area contributed by atoms with Crippen LogP contribution < -0.4 is 5.32 Å². The normalized spacial score (nSPS) is 23.6. The Morgan fingerprint density at radius 2 is 1.60 bits per heavy atom. The van der Waals surface area contributed by atoms with Crippen molar-refractivity contribution in [1.29, 1.82) is 0 Å². The van der Waals surface area contributed by atoms with Crippen LogP contribution in [0.2, 0.25) is 0 Å². The molecule has 1 aliphatic rings. The highest BCUT2D eigenvalue weighted by atomic mass is 16.5. The molecule has 1 unspecified atom stereocenters. The minimum absolute atomic E-state index is 0.0255. The van der Waals surface area contributed by atoms with Crippen LogP contribution >= 0.6 is 0 Å². The molecule has 1 fully saturated rings. The molecule has 0 spiro atoms. The highest BCUT2D eigenvalue weighted by Gasteiger charge is 2.48. The Kier molecular flexibility index (Phi) is 6.10. The molecule has 0 aliphatic heterocycles. The maximum absolute atomic E-state index is 6.39. The van der Waals surface area contributed by atoms with Crippen LogP contribution in [0.4, 0.5) is 0 Å². The molecule has 0 heterocycles. The van der Waals surface area contributed by atoms with E-state index in [0.29, 0.717) is 11.5 Å². The summed E-state index contributed by atoms with van der Waals surface area (Å²) in [7, 11) is 0. The average molecular weight is 284 g/mol. The van der Waals surface area contributed by atoms with Gasteiger partial charge in [-0.25, -0.2) is 0 Å². The smallest absolute Gasteiger partial charge is 0.0840 e. The van der Waals surface area contributed by atoms with Gasteiger partial charge in [-0.2, -0.15) is 0 Å². The predicted molar refractivity (Wildman–Crippen MR) is 88.1 cm³/mol. The zero-order valence-electron chi connectivity index (χ0n) is 14.9. The molecule has 2 nitrogen and oxygen atoms in total. The van der Waals surface area contributed by atoms with Gasteiger partial charge in [-0.1, -0.05) is 41.5 Å². The molecule has 20 heavy (non-hydrogen) atoms. The summed E-state index contributed by atoms with van der Waals surface area (Å²) in [4.78, 5) is 0. The Morgan fingerprint density at radius 1 is 1.05 bits per heavy atom. The van der Waals surface area contributed by atoms with E-state index in [1.807, 2.05) is 0 Å². The fourth-order valence-corrected chi connectivity index (χ4v) is 3.72. The fraction of sp³-hybridized carbons (Fsp3) is 1.00.